The second-order valence-electron chi connectivity index (χ2n) is 3.70. The molecule has 0 bridgehead atoms. The van der Waals surface area contributed by atoms with Crippen LogP contribution < -0.4 is 5.73 Å². The highest BCUT2D eigenvalue weighted by atomic mass is 32.2. The summed E-state index contributed by atoms with van der Waals surface area (Å²) in [6.45, 7) is 0. The topological polar surface area (TPSA) is 60.2 Å². The van der Waals surface area contributed by atoms with Crippen molar-refractivity contribution in [3.8, 4) is 0 Å². The average Bonchev–Trinajstić information content (AvgIpc) is 2.34. The summed E-state index contributed by atoms with van der Waals surface area (Å²) >= 11 is 4.80. The van der Waals surface area contributed by atoms with E-state index in [2.05, 4.69) is 0 Å². The molecular weight excluding hydrogens is 206 g/mol. The van der Waals surface area contributed by atoms with Gasteiger partial charge in [0.2, 0.25) is 0 Å². The predicted molar refractivity (Wildman–Crippen MR) is 57.4 cm³/mol. The van der Waals surface area contributed by atoms with Crippen LogP contribution in [0.25, 0.3) is 0 Å². The Hall–Kier alpha value is -0.160. The lowest BCUT2D eigenvalue weighted by Crippen LogP contribution is -2.39. The van der Waals surface area contributed by atoms with E-state index in [0.29, 0.717) is 0 Å². The van der Waals surface area contributed by atoms with Crippen LogP contribution in [0, 0.1) is 5.92 Å². The Morgan fingerprint density at radius 1 is 1.46 bits per heavy atom. The monoisotopic (exact) mass is 221 g/mol. The second kappa shape index (κ2) is 3.92. The van der Waals surface area contributed by atoms with E-state index < -0.39 is 15.1 Å². The van der Waals surface area contributed by atoms with E-state index in [1.54, 1.807) is 0 Å². The molecule has 0 amide bonds. The van der Waals surface area contributed by atoms with E-state index >= 15 is 0 Å². The van der Waals surface area contributed by atoms with Crippen molar-refractivity contribution in [2.24, 2.45) is 11.7 Å². The number of nitrogens with two attached hydrogens (primary N) is 1. The Bertz CT molecular complexity index is 291. The summed E-state index contributed by atoms with van der Waals surface area (Å²) in [5, 5.41) is -0.593. The van der Waals surface area contributed by atoms with E-state index in [4.69, 9.17) is 18.0 Å². The molecule has 3 nitrogen and oxygen atoms in total. The van der Waals surface area contributed by atoms with Gasteiger partial charge in [-0.1, -0.05) is 25.1 Å². The third kappa shape index (κ3) is 2.64. The van der Waals surface area contributed by atoms with Gasteiger partial charge in [-0.15, -0.1) is 0 Å². The second-order valence-corrected chi connectivity index (χ2v) is 6.34. The fourth-order valence-electron chi connectivity index (χ4n) is 2.05. The van der Waals surface area contributed by atoms with Crippen LogP contribution in [0.1, 0.15) is 25.7 Å². The Balaban J connectivity index is 2.85. The van der Waals surface area contributed by atoms with Crippen LogP contribution in [0.3, 0.4) is 0 Å². The fourth-order valence-corrected chi connectivity index (χ4v) is 4.16. The van der Waals surface area contributed by atoms with Crippen molar-refractivity contribution in [2.75, 3.05) is 6.26 Å². The van der Waals surface area contributed by atoms with Crippen molar-refractivity contribution < 1.29 is 8.42 Å². The molecule has 0 heterocycles. The molecule has 1 rings (SSSR count). The smallest absolute Gasteiger partial charge is 0.157 e. The van der Waals surface area contributed by atoms with Crippen LogP contribution in [-0.4, -0.2) is 24.9 Å². The molecule has 1 saturated carbocycles. The summed E-state index contributed by atoms with van der Waals surface area (Å²) in [6, 6.07) is 0. The maximum atomic E-state index is 11.4. The van der Waals surface area contributed by atoms with Crippen molar-refractivity contribution in [1.82, 2.24) is 0 Å². The third-order valence-electron chi connectivity index (χ3n) is 2.57. The Morgan fingerprint density at radius 2 is 1.92 bits per heavy atom. The molecule has 1 aliphatic carbocycles. The highest BCUT2D eigenvalue weighted by Gasteiger charge is 2.34. The molecule has 0 saturated heterocycles. The SMILES string of the molecule is CS(=O)(=O)[C@@H](C(N)=S)C1CCCC1. The van der Waals surface area contributed by atoms with Gasteiger partial charge < -0.3 is 5.73 Å². The van der Waals surface area contributed by atoms with Gasteiger partial charge in [0.05, 0.1) is 4.99 Å². The van der Waals surface area contributed by atoms with Gasteiger partial charge in [-0.3, -0.25) is 0 Å². The first-order chi connectivity index (χ1) is 5.93. The van der Waals surface area contributed by atoms with Crippen molar-refractivity contribution in [3.63, 3.8) is 0 Å². The normalized spacial score (nSPS) is 21.6. The molecule has 0 aromatic rings. The van der Waals surface area contributed by atoms with Crippen LogP contribution in [0.4, 0.5) is 0 Å². The summed E-state index contributed by atoms with van der Waals surface area (Å²) in [7, 11) is -3.11. The molecule has 1 atom stereocenters. The number of hydrogen-bond acceptors (Lipinski definition) is 3. The molecule has 0 aliphatic heterocycles. The van der Waals surface area contributed by atoms with Crippen LogP contribution in [0.5, 0.6) is 0 Å². The van der Waals surface area contributed by atoms with Crippen LogP contribution in [0.15, 0.2) is 0 Å². The van der Waals surface area contributed by atoms with Gasteiger partial charge >= 0.3 is 0 Å². The molecule has 0 spiro atoms. The standard InChI is InChI=1S/C8H15NO2S2/c1-13(10,11)7(8(9)12)6-4-2-3-5-6/h6-7H,2-5H2,1H3,(H2,9,12)/t7-/m1/s1. The van der Waals surface area contributed by atoms with Crippen molar-refractivity contribution in [3.05, 3.63) is 0 Å². The van der Waals surface area contributed by atoms with Gasteiger partial charge in [-0.05, 0) is 18.8 Å². The Labute approximate surface area is 84.6 Å². The summed E-state index contributed by atoms with van der Waals surface area (Å²) in [5.41, 5.74) is 5.45. The molecule has 5 heteroatoms. The quantitative estimate of drug-likeness (QED) is 0.719. The van der Waals surface area contributed by atoms with Crippen LogP contribution in [0.2, 0.25) is 0 Å². The molecule has 1 fully saturated rings. The van der Waals surface area contributed by atoms with E-state index in [-0.39, 0.29) is 10.9 Å². The first kappa shape index (κ1) is 10.9. The minimum atomic E-state index is -3.11. The fraction of sp³-hybridized carbons (Fsp3) is 0.875. The van der Waals surface area contributed by atoms with Gasteiger partial charge in [0, 0.05) is 6.26 Å². The molecule has 0 unspecified atom stereocenters. The summed E-state index contributed by atoms with van der Waals surface area (Å²) in [5.74, 6) is 0.160. The van der Waals surface area contributed by atoms with Crippen LogP contribution in [-0.2, 0) is 9.84 Å². The lowest BCUT2D eigenvalue weighted by molar-refractivity contribution is 0.537. The summed E-state index contributed by atoms with van der Waals surface area (Å²) < 4.78 is 22.8. The van der Waals surface area contributed by atoms with Gasteiger partial charge in [0.15, 0.2) is 9.84 Å². The van der Waals surface area contributed by atoms with Gasteiger partial charge in [0.25, 0.3) is 0 Å². The summed E-state index contributed by atoms with van der Waals surface area (Å²) in [4.78, 5) is 0.134. The zero-order valence-electron chi connectivity index (χ0n) is 7.69. The van der Waals surface area contributed by atoms with Gasteiger partial charge in [0.1, 0.15) is 5.25 Å². The number of thiocarbonyl (C=S) groups is 1. The third-order valence-corrected chi connectivity index (χ3v) is 4.53. The molecule has 0 radical (unpaired) electrons. The number of rotatable bonds is 3. The largest absolute Gasteiger partial charge is 0.392 e. The lowest BCUT2D eigenvalue weighted by atomic mass is 10.0. The van der Waals surface area contributed by atoms with Crippen molar-refractivity contribution >= 4 is 27.0 Å². The highest BCUT2D eigenvalue weighted by Crippen LogP contribution is 2.30. The van der Waals surface area contributed by atoms with E-state index in [0.717, 1.165) is 25.7 Å². The number of hydrogen-bond donors (Lipinski definition) is 1. The Morgan fingerprint density at radius 3 is 2.23 bits per heavy atom. The lowest BCUT2D eigenvalue weighted by Gasteiger charge is -2.19. The minimum absolute atomic E-state index is 0.134. The van der Waals surface area contributed by atoms with Gasteiger partial charge in [-0.25, -0.2) is 8.42 Å². The summed E-state index contributed by atoms with van der Waals surface area (Å²) in [6.07, 6.45) is 5.29. The Kier molecular flexibility index (Phi) is 3.29. The maximum Gasteiger partial charge on any atom is 0.157 e. The first-order valence-electron chi connectivity index (χ1n) is 4.41. The zero-order chi connectivity index (χ0) is 10.1. The highest BCUT2D eigenvalue weighted by molar-refractivity contribution is 7.94. The molecule has 13 heavy (non-hydrogen) atoms. The van der Waals surface area contributed by atoms with E-state index in [1.807, 2.05) is 0 Å². The molecule has 2 N–H and O–H groups in total. The average molecular weight is 221 g/mol. The first-order valence-corrected chi connectivity index (χ1v) is 6.77. The van der Waals surface area contributed by atoms with Crippen molar-refractivity contribution in [2.45, 2.75) is 30.9 Å². The van der Waals surface area contributed by atoms with Crippen molar-refractivity contribution in [1.29, 1.82) is 0 Å². The molecular formula is C8H15NO2S2. The minimum Gasteiger partial charge on any atom is -0.392 e. The van der Waals surface area contributed by atoms with Gasteiger partial charge in [-0.2, -0.15) is 0 Å². The van der Waals surface area contributed by atoms with E-state index in [9.17, 15) is 8.42 Å². The number of sulfone groups is 1. The predicted octanol–water partition coefficient (Wildman–Crippen LogP) is 0.876. The van der Waals surface area contributed by atoms with Crippen LogP contribution >= 0.6 is 12.2 Å². The molecule has 0 aromatic heterocycles. The maximum absolute atomic E-state index is 11.4. The van der Waals surface area contributed by atoms with E-state index in [1.165, 1.54) is 6.26 Å². The zero-order valence-corrected chi connectivity index (χ0v) is 9.33. The molecule has 1 aliphatic rings. The molecule has 0 aromatic carbocycles. The molecule has 76 valence electrons.